The highest BCUT2D eigenvalue weighted by molar-refractivity contribution is 9.10. The molecule has 0 fully saturated rings. The lowest BCUT2D eigenvalue weighted by atomic mass is 10.0. The van der Waals surface area contributed by atoms with E-state index in [1.165, 1.54) is 0 Å². The Morgan fingerprint density at radius 3 is 2.62 bits per heavy atom. The van der Waals surface area contributed by atoms with Crippen LogP contribution in [0.2, 0.25) is 5.02 Å². The first kappa shape index (κ1) is 18.2. The average molecular weight is 381 g/mol. The van der Waals surface area contributed by atoms with Crippen molar-refractivity contribution in [2.24, 2.45) is 0 Å². The lowest BCUT2D eigenvalue weighted by Gasteiger charge is -2.22. The minimum Gasteiger partial charge on any atom is -0.444 e. The molecule has 0 aliphatic heterocycles. The van der Waals surface area contributed by atoms with Crippen LogP contribution in [0.15, 0.2) is 22.7 Å². The molecule has 1 rings (SSSR count). The summed E-state index contributed by atoms with van der Waals surface area (Å²) in [5.74, 6) is 0. The molecule has 0 aromatic heterocycles. The second-order valence-electron chi connectivity index (χ2n) is 5.54. The predicted molar refractivity (Wildman–Crippen MR) is 84.4 cm³/mol. The summed E-state index contributed by atoms with van der Waals surface area (Å²) >= 11 is 9.19. The Morgan fingerprint density at radius 2 is 2.05 bits per heavy atom. The highest BCUT2D eigenvalue weighted by Crippen LogP contribution is 2.31. The van der Waals surface area contributed by atoms with E-state index in [0.29, 0.717) is 15.1 Å². The number of aliphatic hydroxyl groups is 2. The second-order valence-corrected chi connectivity index (χ2v) is 6.74. The van der Waals surface area contributed by atoms with E-state index in [1.54, 1.807) is 39.0 Å². The topological polar surface area (TPSA) is 78.8 Å². The van der Waals surface area contributed by atoms with E-state index in [0.717, 1.165) is 0 Å². The molecule has 0 aliphatic rings. The summed E-state index contributed by atoms with van der Waals surface area (Å²) < 4.78 is 5.55. The zero-order chi connectivity index (χ0) is 16.2. The number of halogens is 2. The van der Waals surface area contributed by atoms with Crippen LogP contribution in [-0.4, -0.2) is 34.6 Å². The fourth-order valence-electron chi connectivity index (χ4n) is 1.57. The highest BCUT2D eigenvalue weighted by atomic mass is 79.9. The Morgan fingerprint density at radius 1 is 1.43 bits per heavy atom. The minimum atomic E-state index is -1.19. The van der Waals surface area contributed by atoms with E-state index in [1.807, 2.05) is 0 Å². The first-order chi connectivity index (χ1) is 9.61. The third-order valence-corrected chi connectivity index (χ3v) is 3.95. The predicted octanol–water partition coefficient (Wildman–Crippen LogP) is 3.02. The number of carbonyl (C=O) groups excluding carboxylic acids is 1. The number of rotatable bonds is 4. The molecule has 0 spiro atoms. The van der Waals surface area contributed by atoms with Crippen molar-refractivity contribution in [3.05, 3.63) is 33.3 Å². The molecule has 118 valence electrons. The molecule has 1 amide bonds. The van der Waals surface area contributed by atoms with Crippen molar-refractivity contribution in [3.8, 4) is 0 Å². The van der Waals surface area contributed by atoms with Crippen LogP contribution in [-0.2, 0) is 4.74 Å². The smallest absolute Gasteiger partial charge is 0.407 e. The van der Waals surface area contributed by atoms with Gasteiger partial charge in [0.05, 0.1) is 5.02 Å². The summed E-state index contributed by atoms with van der Waals surface area (Å²) in [6, 6.07) is 4.96. The van der Waals surface area contributed by atoms with Crippen LogP contribution < -0.4 is 5.32 Å². The van der Waals surface area contributed by atoms with Gasteiger partial charge in [-0.2, -0.15) is 0 Å². The summed E-state index contributed by atoms with van der Waals surface area (Å²) in [6.45, 7) is 5.07. The Hall–Kier alpha value is -0.820. The number of alkyl carbamates (subject to hydrolysis) is 1. The van der Waals surface area contributed by atoms with Crippen LogP contribution in [0.1, 0.15) is 32.4 Å². The zero-order valence-corrected chi connectivity index (χ0v) is 14.4. The number of hydrogen-bond donors (Lipinski definition) is 3. The normalized spacial score (nSPS) is 14.4. The van der Waals surface area contributed by atoms with Crippen LogP contribution in [0.4, 0.5) is 4.79 Å². The molecule has 21 heavy (non-hydrogen) atoms. The fourth-order valence-corrected chi connectivity index (χ4v) is 2.25. The van der Waals surface area contributed by atoms with Crippen molar-refractivity contribution in [2.45, 2.75) is 38.6 Å². The quantitative estimate of drug-likeness (QED) is 0.750. The van der Waals surface area contributed by atoms with Crippen molar-refractivity contribution in [2.75, 3.05) is 6.54 Å². The molecule has 1 aromatic rings. The van der Waals surface area contributed by atoms with Crippen molar-refractivity contribution >= 4 is 33.6 Å². The van der Waals surface area contributed by atoms with Gasteiger partial charge in [0.25, 0.3) is 0 Å². The summed E-state index contributed by atoms with van der Waals surface area (Å²) in [4.78, 5) is 11.5. The van der Waals surface area contributed by atoms with Crippen LogP contribution in [0, 0.1) is 0 Å². The molecule has 0 saturated heterocycles. The number of carbonyl (C=O) groups is 1. The Kier molecular flexibility index (Phi) is 6.46. The summed E-state index contributed by atoms with van der Waals surface area (Å²) in [7, 11) is 0. The molecule has 0 heterocycles. The van der Waals surface area contributed by atoms with Gasteiger partial charge in [0.1, 0.15) is 17.8 Å². The maximum Gasteiger partial charge on any atom is 0.407 e. The van der Waals surface area contributed by atoms with Gasteiger partial charge in [-0.3, -0.25) is 0 Å². The van der Waals surface area contributed by atoms with E-state index in [2.05, 4.69) is 21.2 Å². The van der Waals surface area contributed by atoms with Crippen LogP contribution in [0.3, 0.4) is 0 Å². The SMILES string of the molecule is CC(C)(C)OC(=O)NCC(O)C(O)c1cccc(Cl)c1Br. The summed E-state index contributed by atoms with van der Waals surface area (Å²) in [5.41, 5.74) is -0.176. The number of nitrogens with one attached hydrogen (secondary N) is 1. The third-order valence-electron chi connectivity index (χ3n) is 2.52. The average Bonchev–Trinajstić information content (AvgIpc) is 2.36. The van der Waals surface area contributed by atoms with Gasteiger partial charge in [0.2, 0.25) is 0 Å². The van der Waals surface area contributed by atoms with Crippen LogP contribution in [0.5, 0.6) is 0 Å². The van der Waals surface area contributed by atoms with E-state index in [4.69, 9.17) is 16.3 Å². The number of aliphatic hydroxyl groups excluding tert-OH is 2. The second kappa shape index (κ2) is 7.45. The van der Waals surface area contributed by atoms with Gasteiger partial charge < -0.3 is 20.3 Å². The number of ether oxygens (including phenoxy) is 1. The molecule has 2 unspecified atom stereocenters. The molecular formula is C14H19BrClNO4. The van der Waals surface area contributed by atoms with Gasteiger partial charge in [-0.15, -0.1) is 0 Å². The van der Waals surface area contributed by atoms with Gasteiger partial charge in [-0.25, -0.2) is 4.79 Å². The van der Waals surface area contributed by atoms with Crippen molar-refractivity contribution in [3.63, 3.8) is 0 Å². The van der Waals surface area contributed by atoms with Crippen molar-refractivity contribution in [1.82, 2.24) is 5.32 Å². The van der Waals surface area contributed by atoms with Gasteiger partial charge in [-0.05, 0) is 48.3 Å². The molecule has 0 bridgehead atoms. The van der Waals surface area contributed by atoms with Gasteiger partial charge in [-0.1, -0.05) is 23.7 Å². The minimum absolute atomic E-state index is 0.144. The molecule has 0 radical (unpaired) electrons. The molecule has 7 heteroatoms. The van der Waals surface area contributed by atoms with Gasteiger partial charge in [0, 0.05) is 11.0 Å². The Bertz CT molecular complexity index is 504. The van der Waals surface area contributed by atoms with E-state index < -0.39 is 23.9 Å². The van der Waals surface area contributed by atoms with E-state index in [-0.39, 0.29) is 6.54 Å². The van der Waals surface area contributed by atoms with Crippen molar-refractivity contribution in [1.29, 1.82) is 0 Å². The van der Waals surface area contributed by atoms with Crippen molar-refractivity contribution < 1.29 is 19.7 Å². The maximum absolute atomic E-state index is 11.5. The number of hydrogen-bond acceptors (Lipinski definition) is 4. The van der Waals surface area contributed by atoms with Crippen LogP contribution in [0.25, 0.3) is 0 Å². The Balaban J connectivity index is 2.61. The third kappa shape index (κ3) is 5.82. The molecule has 0 saturated carbocycles. The molecule has 5 nitrogen and oxygen atoms in total. The zero-order valence-electron chi connectivity index (χ0n) is 12.1. The fraction of sp³-hybridized carbons (Fsp3) is 0.500. The number of benzene rings is 1. The van der Waals surface area contributed by atoms with Gasteiger partial charge >= 0.3 is 6.09 Å². The van der Waals surface area contributed by atoms with Crippen LogP contribution >= 0.6 is 27.5 Å². The first-order valence-corrected chi connectivity index (χ1v) is 7.56. The molecule has 1 aromatic carbocycles. The Labute approximate surface area is 137 Å². The maximum atomic E-state index is 11.5. The largest absolute Gasteiger partial charge is 0.444 e. The lowest BCUT2D eigenvalue weighted by molar-refractivity contribution is 0.0126. The highest BCUT2D eigenvalue weighted by Gasteiger charge is 2.23. The molecular weight excluding hydrogens is 362 g/mol. The summed E-state index contributed by atoms with van der Waals surface area (Å²) in [6.07, 6.45) is -3.03. The monoisotopic (exact) mass is 379 g/mol. The molecule has 2 atom stereocenters. The van der Waals surface area contributed by atoms with E-state index in [9.17, 15) is 15.0 Å². The lowest BCUT2D eigenvalue weighted by Crippen LogP contribution is -2.38. The van der Waals surface area contributed by atoms with E-state index >= 15 is 0 Å². The van der Waals surface area contributed by atoms with Gasteiger partial charge in [0.15, 0.2) is 0 Å². The number of amides is 1. The molecule has 0 aliphatic carbocycles. The first-order valence-electron chi connectivity index (χ1n) is 6.38. The standard InChI is InChI=1S/C14H19BrClNO4/c1-14(2,3)21-13(20)17-7-10(18)12(19)8-5-4-6-9(16)11(8)15/h4-6,10,12,18-19H,7H2,1-3H3,(H,17,20). The molecule has 3 N–H and O–H groups in total. The summed E-state index contributed by atoms with van der Waals surface area (Å²) in [5, 5.41) is 22.9.